The number of halogens is 3. The molecule has 0 aliphatic heterocycles. The Morgan fingerprint density at radius 2 is 2.15 bits per heavy atom. The lowest BCUT2D eigenvalue weighted by Gasteiger charge is -2.05. The fourth-order valence-corrected chi connectivity index (χ4v) is 1.28. The summed E-state index contributed by atoms with van der Waals surface area (Å²) in [5.41, 5.74) is -0.436. The van der Waals surface area contributed by atoms with Gasteiger partial charge in [0.1, 0.15) is 11.6 Å². The Bertz CT molecular complexity index is 387. The highest BCUT2D eigenvalue weighted by Crippen LogP contribution is 2.29. The smallest absolute Gasteiger partial charge is 0.175 e. The van der Waals surface area contributed by atoms with E-state index in [2.05, 4.69) is 20.7 Å². The molecule has 0 aliphatic rings. The van der Waals surface area contributed by atoms with E-state index in [0.29, 0.717) is 0 Å². The van der Waals surface area contributed by atoms with Gasteiger partial charge in [0, 0.05) is 0 Å². The first-order chi connectivity index (χ1) is 6.11. The van der Waals surface area contributed by atoms with Crippen LogP contribution in [0.5, 0.6) is 5.75 Å². The Balaban J connectivity index is 3.53. The number of hydrogen-bond donors (Lipinski definition) is 0. The summed E-state index contributed by atoms with van der Waals surface area (Å²) >= 11 is 2.78. The van der Waals surface area contributed by atoms with Crippen LogP contribution in [0, 0.1) is 23.0 Å². The van der Waals surface area contributed by atoms with Gasteiger partial charge in [-0.3, -0.25) is 0 Å². The van der Waals surface area contributed by atoms with Gasteiger partial charge < -0.3 is 4.74 Å². The fourth-order valence-electron chi connectivity index (χ4n) is 0.878. The molecule has 0 saturated carbocycles. The van der Waals surface area contributed by atoms with Crippen molar-refractivity contribution in [3.05, 3.63) is 27.7 Å². The summed E-state index contributed by atoms with van der Waals surface area (Å²) in [7, 11) is 1.17. The van der Waals surface area contributed by atoms with E-state index in [-0.39, 0.29) is 10.2 Å². The zero-order valence-electron chi connectivity index (χ0n) is 6.57. The Kier molecular flexibility index (Phi) is 2.83. The van der Waals surface area contributed by atoms with Crippen molar-refractivity contribution < 1.29 is 13.5 Å². The average Bonchev–Trinajstić information content (AvgIpc) is 2.10. The molecule has 0 saturated heterocycles. The standard InChI is InChI=1S/C8H4BrF2NO/c1-13-8-4(3-12)7(11)5(9)2-6(8)10/h2H,1H3. The van der Waals surface area contributed by atoms with Crippen molar-refractivity contribution in [2.45, 2.75) is 0 Å². The van der Waals surface area contributed by atoms with Crippen molar-refractivity contribution in [2.75, 3.05) is 7.11 Å². The van der Waals surface area contributed by atoms with Crippen molar-refractivity contribution in [1.29, 1.82) is 5.26 Å². The second-order valence-electron chi connectivity index (χ2n) is 2.17. The number of hydrogen-bond acceptors (Lipinski definition) is 2. The summed E-state index contributed by atoms with van der Waals surface area (Å²) in [6, 6.07) is 2.44. The zero-order chi connectivity index (χ0) is 10.0. The van der Waals surface area contributed by atoms with Gasteiger partial charge >= 0.3 is 0 Å². The van der Waals surface area contributed by atoms with Crippen LogP contribution >= 0.6 is 15.9 Å². The molecule has 0 heterocycles. The van der Waals surface area contributed by atoms with Crippen molar-refractivity contribution in [3.63, 3.8) is 0 Å². The highest BCUT2D eigenvalue weighted by Gasteiger charge is 2.17. The van der Waals surface area contributed by atoms with E-state index in [1.807, 2.05) is 0 Å². The predicted octanol–water partition coefficient (Wildman–Crippen LogP) is 2.61. The number of benzene rings is 1. The molecule has 1 aromatic carbocycles. The number of nitriles is 1. The van der Waals surface area contributed by atoms with Crippen molar-refractivity contribution in [3.8, 4) is 11.8 Å². The fraction of sp³-hybridized carbons (Fsp3) is 0.125. The van der Waals surface area contributed by atoms with Gasteiger partial charge in [-0.05, 0) is 22.0 Å². The maximum atomic E-state index is 13.1. The summed E-state index contributed by atoms with van der Waals surface area (Å²) in [6.45, 7) is 0. The van der Waals surface area contributed by atoms with Crippen LogP contribution in [0.25, 0.3) is 0 Å². The highest BCUT2D eigenvalue weighted by molar-refractivity contribution is 9.10. The van der Waals surface area contributed by atoms with Crippen LogP contribution in [0.1, 0.15) is 5.56 Å². The van der Waals surface area contributed by atoms with Gasteiger partial charge in [0.15, 0.2) is 17.4 Å². The average molecular weight is 248 g/mol. The lowest BCUT2D eigenvalue weighted by atomic mass is 10.2. The molecule has 13 heavy (non-hydrogen) atoms. The van der Waals surface area contributed by atoms with Gasteiger partial charge in [-0.15, -0.1) is 0 Å². The van der Waals surface area contributed by atoms with E-state index >= 15 is 0 Å². The lowest BCUT2D eigenvalue weighted by molar-refractivity contribution is 0.380. The van der Waals surface area contributed by atoms with Gasteiger partial charge in [-0.25, -0.2) is 8.78 Å². The van der Waals surface area contributed by atoms with E-state index < -0.39 is 17.2 Å². The quantitative estimate of drug-likeness (QED) is 0.715. The normalized spacial score (nSPS) is 9.46. The SMILES string of the molecule is COc1c(F)cc(Br)c(F)c1C#N. The molecular weight excluding hydrogens is 244 g/mol. The molecule has 0 unspecified atom stereocenters. The number of nitrogens with zero attached hydrogens (tertiary/aromatic N) is 1. The second-order valence-corrected chi connectivity index (χ2v) is 3.03. The predicted molar refractivity (Wildman–Crippen MR) is 45.3 cm³/mol. The van der Waals surface area contributed by atoms with Crippen molar-refractivity contribution in [1.82, 2.24) is 0 Å². The largest absolute Gasteiger partial charge is 0.492 e. The Morgan fingerprint density at radius 3 is 2.62 bits per heavy atom. The Labute approximate surface area is 81.9 Å². The third-order valence-corrected chi connectivity index (χ3v) is 2.02. The van der Waals surface area contributed by atoms with Gasteiger partial charge in [0.05, 0.1) is 11.6 Å². The molecule has 1 aromatic rings. The van der Waals surface area contributed by atoms with Crippen LogP contribution in [0.4, 0.5) is 8.78 Å². The monoisotopic (exact) mass is 247 g/mol. The number of rotatable bonds is 1. The van der Waals surface area contributed by atoms with Gasteiger partial charge in [0.2, 0.25) is 0 Å². The second kappa shape index (κ2) is 3.71. The molecule has 0 radical (unpaired) electrons. The van der Waals surface area contributed by atoms with E-state index in [0.717, 1.165) is 6.07 Å². The van der Waals surface area contributed by atoms with Crippen LogP contribution in [-0.4, -0.2) is 7.11 Å². The summed E-state index contributed by atoms with van der Waals surface area (Å²) < 4.78 is 30.6. The van der Waals surface area contributed by atoms with Gasteiger partial charge in [0.25, 0.3) is 0 Å². The van der Waals surface area contributed by atoms with Crippen molar-refractivity contribution in [2.24, 2.45) is 0 Å². The molecule has 1 rings (SSSR count). The van der Waals surface area contributed by atoms with Crippen LogP contribution in [0.15, 0.2) is 10.5 Å². The maximum absolute atomic E-state index is 13.1. The molecule has 0 aliphatic carbocycles. The lowest BCUT2D eigenvalue weighted by Crippen LogP contribution is -1.96. The molecule has 0 N–H and O–H groups in total. The molecular formula is C8H4BrF2NO. The first kappa shape index (κ1) is 9.93. The third-order valence-electron chi connectivity index (χ3n) is 1.44. The molecule has 68 valence electrons. The molecule has 0 spiro atoms. The first-order valence-corrected chi connectivity index (χ1v) is 4.02. The molecule has 2 nitrogen and oxygen atoms in total. The van der Waals surface area contributed by atoms with E-state index in [4.69, 9.17) is 5.26 Å². The summed E-state index contributed by atoms with van der Waals surface area (Å²) in [4.78, 5) is 0. The van der Waals surface area contributed by atoms with Crippen molar-refractivity contribution >= 4 is 15.9 Å². The first-order valence-electron chi connectivity index (χ1n) is 3.23. The minimum absolute atomic E-state index is 0.0950. The summed E-state index contributed by atoms with van der Waals surface area (Å²) in [5.74, 6) is -1.96. The van der Waals surface area contributed by atoms with Crippen LogP contribution < -0.4 is 4.74 Å². The number of ether oxygens (including phenoxy) is 1. The minimum atomic E-state index is -0.819. The maximum Gasteiger partial charge on any atom is 0.175 e. The Morgan fingerprint density at radius 1 is 1.54 bits per heavy atom. The summed E-state index contributed by atoms with van der Waals surface area (Å²) in [5, 5.41) is 8.52. The molecule has 0 fully saturated rings. The van der Waals surface area contributed by atoms with E-state index in [1.54, 1.807) is 0 Å². The molecule has 0 bridgehead atoms. The van der Waals surface area contributed by atoms with E-state index in [1.165, 1.54) is 13.2 Å². The van der Waals surface area contributed by atoms with Crippen LogP contribution in [0.2, 0.25) is 0 Å². The molecule has 5 heteroatoms. The molecule has 0 amide bonds. The van der Waals surface area contributed by atoms with Crippen LogP contribution in [0.3, 0.4) is 0 Å². The van der Waals surface area contributed by atoms with E-state index in [9.17, 15) is 8.78 Å². The topological polar surface area (TPSA) is 33.0 Å². The van der Waals surface area contributed by atoms with Gasteiger partial charge in [-0.2, -0.15) is 5.26 Å². The van der Waals surface area contributed by atoms with Crippen LogP contribution in [-0.2, 0) is 0 Å². The van der Waals surface area contributed by atoms with Gasteiger partial charge in [-0.1, -0.05) is 0 Å². The third kappa shape index (κ3) is 1.63. The highest BCUT2D eigenvalue weighted by atomic mass is 79.9. The minimum Gasteiger partial charge on any atom is -0.492 e. The molecule has 0 aromatic heterocycles. The molecule has 0 atom stereocenters. The number of methoxy groups -OCH3 is 1. The Hall–Kier alpha value is -1.15. The zero-order valence-corrected chi connectivity index (χ0v) is 8.15. The summed E-state index contributed by atoms with van der Waals surface area (Å²) in [6.07, 6.45) is 0.